The highest BCUT2D eigenvalue weighted by atomic mass is 16.6. The zero-order valence-corrected chi connectivity index (χ0v) is 13.5. The smallest absolute Gasteiger partial charge is 0.333 e. The standard InChI is InChI=1S/C15H23N5O2/c1-5-13-14(20(21)22)15(19(4)17-13)16-11(2)8-9-12-7-6-10-18(12)3/h6-7,10-11,16H,5,8-9H2,1-4H3. The second-order valence-electron chi connectivity index (χ2n) is 5.57. The molecule has 0 bridgehead atoms. The van der Waals surface area contributed by atoms with Crippen LogP contribution in [0.25, 0.3) is 0 Å². The fourth-order valence-electron chi connectivity index (χ4n) is 2.59. The maximum atomic E-state index is 11.3. The third-order valence-electron chi connectivity index (χ3n) is 3.88. The van der Waals surface area contributed by atoms with Gasteiger partial charge in [-0.1, -0.05) is 6.92 Å². The molecule has 22 heavy (non-hydrogen) atoms. The van der Waals surface area contributed by atoms with Crippen LogP contribution in [0.15, 0.2) is 18.3 Å². The summed E-state index contributed by atoms with van der Waals surface area (Å²) in [6.45, 7) is 3.91. The minimum Gasteiger partial charge on any atom is -0.362 e. The van der Waals surface area contributed by atoms with Crippen LogP contribution in [0, 0.1) is 10.1 Å². The van der Waals surface area contributed by atoms with Gasteiger partial charge in [-0.2, -0.15) is 5.10 Å². The van der Waals surface area contributed by atoms with E-state index in [1.807, 2.05) is 33.2 Å². The SMILES string of the molecule is CCc1nn(C)c(NC(C)CCc2cccn2C)c1[N+](=O)[O-]. The van der Waals surface area contributed by atoms with E-state index in [9.17, 15) is 10.1 Å². The molecule has 0 saturated heterocycles. The Bertz CT molecular complexity index is 659. The van der Waals surface area contributed by atoms with Gasteiger partial charge in [-0.3, -0.25) is 10.1 Å². The molecule has 2 heterocycles. The van der Waals surface area contributed by atoms with Crippen molar-refractivity contribution < 1.29 is 4.92 Å². The van der Waals surface area contributed by atoms with Crippen molar-refractivity contribution in [3.05, 3.63) is 39.8 Å². The molecule has 0 fully saturated rings. The van der Waals surface area contributed by atoms with E-state index in [2.05, 4.69) is 21.0 Å². The predicted molar refractivity (Wildman–Crippen MR) is 86.1 cm³/mol. The van der Waals surface area contributed by atoms with Crippen LogP contribution in [0.3, 0.4) is 0 Å². The van der Waals surface area contributed by atoms with Gasteiger partial charge in [-0.05, 0) is 38.3 Å². The predicted octanol–water partition coefficient (Wildman–Crippen LogP) is 2.66. The molecule has 0 saturated carbocycles. The summed E-state index contributed by atoms with van der Waals surface area (Å²) in [5.74, 6) is 0.487. The number of nitrogens with zero attached hydrogens (tertiary/aromatic N) is 4. The number of rotatable bonds is 7. The van der Waals surface area contributed by atoms with Crippen LogP contribution in [0.4, 0.5) is 11.5 Å². The molecule has 0 aromatic carbocycles. The van der Waals surface area contributed by atoms with E-state index in [4.69, 9.17) is 0 Å². The average Bonchev–Trinajstić information content (AvgIpc) is 3.00. The van der Waals surface area contributed by atoms with Crippen molar-refractivity contribution in [1.29, 1.82) is 0 Å². The average molecular weight is 305 g/mol. The molecule has 1 N–H and O–H groups in total. The Balaban J connectivity index is 2.08. The molecule has 0 aliphatic carbocycles. The molecule has 2 rings (SSSR count). The van der Waals surface area contributed by atoms with Crippen LogP contribution >= 0.6 is 0 Å². The van der Waals surface area contributed by atoms with Crippen LogP contribution in [0.5, 0.6) is 0 Å². The minimum absolute atomic E-state index is 0.0933. The Morgan fingerprint density at radius 3 is 2.73 bits per heavy atom. The van der Waals surface area contributed by atoms with Crippen molar-refractivity contribution in [1.82, 2.24) is 14.3 Å². The van der Waals surface area contributed by atoms with Crippen molar-refractivity contribution in [2.75, 3.05) is 5.32 Å². The summed E-state index contributed by atoms with van der Waals surface area (Å²) in [4.78, 5) is 10.9. The van der Waals surface area contributed by atoms with Gasteiger partial charge >= 0.3 is 5.69 Å². The number of nitro groups is 1. The lowest BCUT2D eigenvalue weighted by Gasteiger charge is -2.15. The van der Waals surface area contributed by atoms with Crippen LogP contribution in [0.1, 0.15) is 31.7 Å². The van der Waals surface area contributed by atoms with Gasteiger partial charge in [0.1, 0.15) is 5.69 Å². The first-order valence-electron chi connectivity index (χ1n) is 7.51. The van der Waals surface area contributed by atoms with Gasteiger partial charge in [0.25, 0.3) is 0 Å². The zero-order valence-electron chi connectivity index (χ0n) is 13.5. The fraction of sp³-hybridized carbons (Fsp3) is 0.533. The summed E-state index contributed by atoms with van der Waals surface area (Å²) in [5.41, 5.74) is 1.86. The summed E-state index contributed by atoms with van der Waals surface area (Å²) >= 11 is 0. The van der Waals surface area contributed by atoms with E-state index in [1.165, 1.54) is 5.69 Å². The van der Waals surface area contributed by atoms with Crippen LogP contribution in [-0.2, 0) is 26.9 Å². The van der Waals surface area contributed by atoms with Gasteiger partial charge in [0, 0.05) is 32.0 Å². The number of hydrogen-bond acceptors (Lipinski definition) is 4. The lowest BCUT2D eigenvalue weighted by Crippen LogP contribution is -2.19. The Labute approximate surface area is 130 Å². The summed E-state index contributed by atoms with van der Waals surface area (Å²) in [6.07, 6.45) is 4.38. The normalized spacial score (nSPS) is 12.4. The topological polar surface area (TPSA) is 77.9 Å². The molecule has 0 spiro atoms. The van der Waals surface area contributed by atoms with E-state index in [1.54, 1.807) is 11.7 Å². The first kappa shape index (κ1) is 16.1. The van der Waals surface area contributed by atoms with E-state index < -0.39 is 0 Å². The van der Waals surface area contributed by atoms with Crippen molar-refractivity contribution >= 4 is 11.5 Å². The van der Waals surface area contributed by atoms with Gasteiger partial charge in [0.15, 0.2) is 0 Å². The number of aryl methyl sites for hydroxylation is 4. The van der Waals surface area contributed by atoms with E-state index in [0.717, 1.165) is 12.8 Å². The highest BCUT2D eigenvalue weighted by Crippen LogP contribution is 2.29. The summed E-state index contributed by atoms with van der Waals surface area (Å²) < 4.78 is 3.66. The molecule has 2 aromatic rings. The minimum atomic E-state index is -0.349. The highest BCUT2D eigenvalue weighted by molar-refractivity contribution is 5.60. The van der Waals surface area contributed by atoms with E-state index in [-0.39, 0.29) is 16.7 Å². The van der Waals surface area contributed by atoms with Crippen LogP contribution < -0.4 is 5.32 Å². The second-order valence-corrected chi connectivity index (χ2v) is 5.57. The second kappa shape index (κ2) is 6.64. The number of hydrogen-bond donors (Lipinski definition) is 1. The molecule has 1 atom stereocenters. The van der Waals surface area contributed by atoms with Crippen molar-refractivity contribution in [2.45, 2.75) is 39.2 Å². The van der Waals surface area contributed by atoms with Gasteiger partial charge in [-0.25, -0.2) is 4.68 Å². The highest BCUT2D eigenvalue weighted by Gasteiger charge is 2.26. The molecule has 0 amide bonds. The monoisotopic (exact) mass is 305 g/mol. The maximum Gasteiger partial charge on any atom is 0.333 e. The summed E-state index contributed by atoms with van der Waals surface area (Å²) in [7, 11) is 3.76. The molecule has 120 valence electrons. The van der Waals surface area contributed by atoms with Crippen LogP contribution in [-0.4, -0.2) is 25.3 Å². The van der Waals surface area contributed by atoms with Gasteiger partial charge in [0.2, 0.25) is 5.82 Å². The van der Waals surface area contributed by atoms with Crippen LogP contribution in [0.2, 0.25) is 0 Å². The van der Waals surface area contributed by atoms with Crippen molar-refractivity contribution in [2.24, 2.45) is 14.1 Å². The molecule has 1 unspecified atom stereocenters. The molecule has 7 nitrogen and oxygen atoms in total. The van der Waals surface area contributed by atoms with E-state index >= 15 is 0 Å². The Kier molecular flexibility index (Phi) is 4.85. The summed E-state index contributed by atoms with van der Waals surface area (Å²) in [5, 5.41) is 18.8. The summed E-state index contributed by atoms with van der Waals surface area (Å²) in [6, 6.07) is 4.23. The van der Waals surface area contributed by atoms with Gasteiger partial charge in [0.05, 0.1) is 4.92 Å². The molecular formula is C15H23N5O2. The molecule has 0 radical (unpaired) electrons. The first-order chi connectivity index (χ1) is 10.4. The first-order valence-corrected chi connectivity index (χ1v) is 7.51. The molecule has 2 aromatic heterocycles. The Morgan fingerprint density at radius 2 is 2.18 bits per heavy atom. The third kappa shape index (κ3) is 3.29. The molecule has 0 aliphatic heterocycles. The fourth-order valence-corrected chi connectivity index (χ4v) is 2.59. The van der Waals surface area contributed by atoms with Gasteiger partial charge in [-0.15, -0.1) is 0 Å². The molecular weight excluding hydrogens is 282 g/mol. The molecule has 0 aliphatic rings. The lowest BCUT2D eigenvalue weighted by molar-refractivity contribution is -0.384. The Morgan fingerprint density at radius 1 is 1.45 bits per heavy atom. The largest absolute Gasteiger partial charge is 0.362 e. The maximum absolute atomic E-state index is 11.3. The number of aromatic nitrogens is 3. The van der Waals surface area contributed by atoms with Gasteiger partial charge < -0.3 is 9.88 Å². The number of nitrogens with one attached hydrogen (secondary N) is 1. The third-order valence-corrected chi connectivity index (χ3v) is 3.88. The lowest BCUT2D eigenvalue weighted by atomic mass is 10.1. The number of anilines is 1. The quantitative estimate of drug-likeness (QED) is 0.630. The van der Waals surface area contributed by atoms with Crippen molar-refractivity contribution in [3.8, 4) is 0 Å². The Hall–Kier alpha value is -2.31. The molecule has 7 heteroatoms. The zero-order chi connectivity index (χ0) is 16.3. The van der Waals surface area contributed by atoms with Crippen molar-refractivity contribution in [3.63, 3.8) is 0 Å². The van der Waals surface area contributed by atoms with E-state index in [0.29, 0.717) is 17.9 Å².